The summed E-state index contributed by atoms with van der Waals surface area (Å²) >= 11 is 0. The summed E-state index contributed by atoms with van der Waals surface area (Å²) in [6, 6.07) is 3.13. The first-order chi connectivity index (χ1) is 5.83. The quantitative estimate of drug-likeness (QED) is 0.657. The van der Waals surface area contributed by atoms with Crippen molar-refractivity contribution in [3.05, 3.63) is 22.5 Å². The van der Waals surface area contributed by atoms with Gasteiger partial charge in [-0.2, -0.15) is 5.10 Å². The number of rotatable bonds is 4. The van der Waals surface area contributed by atoms with Crippen LogP contribution in [0.5, 0.6) is 0 Å². The van der Waals surface area contributed by atoms with Crippen molar-refractivity contribution in [2.24, 2.45) is 0 Å². The van der Waals surface area contributed by atoms with E-state index >= 15 is 0 Å². The highest BCUT2D eigenvalue weighted by Gasteiger charge is 1.90. The second-order valence-electron chi connectivity index (χ2n) is 2.59. The molecule has 0 aliphatic heterocycles. The van der Waals surface area contributed by atoms with Crippen LogP contribution < -0.4 is 10.9 Å². The Morgan fingerprint density at radius 2 is 2.42 bits per heavy atom. The fourth-order valence-corrected chi connectivity index (χ4v) is 0.836. The summed E-state index contributed by atoms with van der Waals surface area (Å²) < 4.78 is 0. The molecular formula is C8H13N3O. The highest BCUT2D eigenvalue weighted by atomic mass is 16.1. The molecule has 0 amide bonds. The number of aromatic nitrogens is 2. The van der Waals surface area contributed by atoms with Gasteiger partial charge in [-0.05, 0) is 12.5 Å². The Labute approximate surface area is 71.0 Å². The molecule has 1 rings (SSSR count). The van der Waals surface area contributed by atoms with Crippen molar-refractivity contribution in [2.75, 3.05) is 11.9 Å². The minimum Gasteiger partial charge on any atom is -0.369 e. The molecule has 0 radical (unpaired) electrons. The Morgan fingerprint density at radius 3 is 3.00 bits per heavy atom. The van der Waals surface area contributed by atoms with E-state index in [1.165, 1.54) is 6.07 Å². The summed E-state index contributed by atoms with van der Waals surface area (Å²) in [4.78, 5) is 10.6. The number of anilines is 1. The summed E-state index contributed by atoms with van der Waals surface area (Å²) in [6.45, 7) is 3.03. The number of unbranched alkanes of at least 4 members (excludes halogenated alkanes) is 1. The molecule has 0 spiro atoms. The molecule has 0 saturated carbocycles. The maximum Gasteiger partial charge on any atom is 0.264 e. The van der Waals surface area contributed by atoms with E-state index in [0.717, 1.165) is 25.2 Å². The predicted molar refractivity (Wildman–Crippen MR) is 48.3 cm³/mol. The van der Waals surface area contributed by atoms with Crippen molar-refractivity contribution in [1.82, 2.24) is 10.2 Å². The van der Waals surface area contributed by atoms with Crippen molar-refractivity contribution < 1.29 is 0 Å². The monoisotopic (exact) mass is 167 g/mol. The molecule has 66 valence electrons. The molecule has 0 saturated heterocycles. The summed E-state index contributed by atoms with van der Waals surface area (Å²) in [6.07, 6.45) is 2.26. The first-order valence-electron chi connectivity index (χ1n) is 4.12. The molecular weight excluding hydrogens is 154 g/mol. The van der Waals surface area contributed by atoms with Gasteiger partial charge in [0.05, 0.1) is 0 Å². The van der Waals surface area contributed by atoms with E-state index < -0.39 is 0 Å². The third kappa shape index (κ3) is 2.74. The fraction of sp³-hybridized carbons (Fsp3) is 0.500. The van der Waals surface area contributed by atoms with E-state index in [2.05, 4.69) is 22.4 Å². The standard InChI is InChI=1S/C8H13N3O/c1-2-3-6-9-7-4-5-8(12)11-10-7/h4-5H,2-3,6H2,1H3,(H,9,10)(H,11,12). The van der Waals surface area contributed by atoms with Crippen LogP contribution in [0, 0.1) is 0 Å². The first-order valence-corrected chi connectivity index (χ1v) is 4.12. The van der Waals surface area contributed by atoms with E-state index in [9.17, 15) is 4.79 Å². The van der Waals surface area contributed by atoms with Gasteiger partial charge in [0, 0.05) is 12.6 Å². The van der Waals surface area contributed by atoms with Crippen LogP contribution in [0.25, 0.3) is 0 Å². The molecule has 0 atom stereocenters. The number of H-pyrrole nitrogens is 1. The zero-order valence-corrected chi connectivity index (χ0v) is 7.13. The molecule has 4 nitrogen and oxygen atoms in total. The topological polar surface area (TPSA) is 57.8 Å². The average molecular weight is 167 g/mol. The molecule has 0 bridgehead atoms. The van der Waals surface area contributed by atoms with Crippen molar-refractivity contribution in [1.29, 1.82) is 0 Å². The average Bonchev–Trinajstić information content (AvgIpc) is 2.09. The van der Waals surface area contributed by atoms with E-state index in [-0.39, 0.29) is 5.56 Å². The van der Waals surface area contributed by atoms with Crippen molar-refractivity contribution in [3.63, 3.8) is 0 Å². The number of hydrogen-bond donors (Lipinski definition) is 2. The van der Waals surface area contributed by atoms with Crippen molar-refractivity contribution in [2.45, 2.75) is 19.8 Å². The van der Waals surface area contributed by atoms with Crippen molar-refractivity contribution >= 4 is 5.82 Å². The zero-order chi connectivity index (χ0) is 8.81. The third-order valence-corrected chi connectivity index (χ3v) is 1.52. The van der Waals surface area contributed by atoms with Crippen LogP contribution in [-0.2, 0) is 0 Å². The second-order valence-corrected chi connectivity index (χ2v) is 2.59. The molecule has 0 aliphatic rings. The van der Waals surface area contributed by atoms with Crippen LogP contribution in [-0.4, -0.2) is 16.7 Å². The first kappa shape index (κ1) is 8.77. The Bertz CT molecular complexity index is 261. The number of nitrogens with zero attached hydrogens (tertiary/aromatic N) is 1. The highest BCUT2D eigenvalue weighted by Crippen LogP contribution is 1.96. The molecule has 0 aliphatic carbocycles. The minimum atomic E-state index is -0.170. The molecule has 1 aromatic rings. The van der Waals surface area contributed by atoms with Crippen molar-refractivity contribution in [3.8, 4) is 0 Å². The lowest BCUT2D eigenvalue weighted by molar-refractivity contribution is 0.825. The Hall–Kier alpha value is -1.32. The molecule has 0 aromatic carbocycles. The molecule has 4 heteroatoms. The highest BCUT2D eigenvalue weighted by molar-refractivity contribution is 5.30. The second kappa shape index (κ2) is 4.54. The largest absolute Gasteiger partial charge is 0.369 e. The van der Waals surface area contributed by atoms with Gasteiger partial charge >= 0.3 is 0 Å². The van der Waals surface area contributed by atoms with Gasteiger partial charge in [0.1, 0.15) is 5.82 Å². The lowest BCUT2D eigenvalue weighted by atomic mass is 10.3. The normalized spacial score (nSPS) is 9.75. The van der Waals surface area contributed by atoms with Crippen LogP contribution in [0.15, 0.2) is 16.9 Å². The summed E-state index contributed by atoms with van der Waals surface area (Å²) in [5.74, 6) is 0.725. The molecule has 0 fully saturated rings. The number of nitrogens with one attached hydrogen (secondary N) is 2. The van der Waals surface area contributed by atoms with Gasteiger partial charge in [0.2, 0.25) is 0 Å². The summed E-state index contributed by atoms with van der Waals surface area (Å²) in [5.41, 5.74) is -0.170. The van der Waals surface area contributed by atoms with Gasteiger partial charge in [0.25, 0.3) is 5.56 Å². The Kier molecular flexibility index (Phi) is 3.32. The zero-order valence-electron chi connectivity index (χ0n) is 7.13. The molecule has 12 heavy (non-hydrogen) atoms. The van der Waals surface area contributed by atoms with Gasteiger partial charge in [-0.25, -0.2) is 5.10 Å². The van der Waals surface area contributed by atoms with Gasteiger partial charge < -0.3 is 5.32 Å². The minimum absolute atomic E-state index is 0.170. The lowest BCUT2D eigenvalue weighted by Gasteiger charge is -2.01. The van der Waals surface area contributed by atoms with Gasteiger partial charge in [-0.3, -0.25) is 4.79 Å². The molecule has 0 unspecified atom stereocenters. The van der Waals surface area contributed by atoms with Crippen LogP contribution in [0.3, 0.4) is 0 Å². The van der Waals surface area contributed by atoms with Crippen LogP contribution in [0.4, 0.5) is 5.82 Å². The summed E-state index contributed by atoms with van der Waals surface area (Å²) in [5, 5.41) is 9.25. The van der Waals surface area contributed by atoms with Gasteiger partial charge in [0.15, 0.2) is 0 Å². The SMILES string of the molecule is CCCCNc1ccc(=O)[nH]n1. The van der Waals surface area contributed by atoms with E-state index in [0.29, 0.717) is 0 Å². The molecule has 1 aromatic heterocycles. The maximum atomic E-state index is 10.6. The van der Waals surface area contributed by atoms with Gasteiger partial charge in [-0.1, -0.05) is 13.3 Å². The van der Waals surface area contributed by atoms with Gasteiger partial charge in [-0.15, -0.1) is 0 Å². The van der Waals surface area contributed by atoms with Crippen LogP contribution in [0.2, 0.25) is 0 Å². The summed E-state index contributed by atoms with van der Waals surface area (Å²) in [7, 11) is 0. The Morgan fingerprint density at radius 1 is 1.58 bits per heavy atom. The van der Waals surface area contributed by atoms with E-state index in [1.807, 2.05) is 0 Å². The smallest absolute Gasteiger partial charge is 0.264 e. The number of hydrogen-bond acceptors (Lipinski definition) is 3. The van der Waals surface area contributed by atoms with E-state index in [4.69, 9.17) is 0 Å². The third-order valence-electron chi connectivity index (χ3n) is 1.52. The predicted octanol–water partition coefficient (Wildman–Crippen LogP) is 0.982. The fourth-order valence-electron chi connectivity index (χ4n) is 0.836. The maximum absolute atomic E-state index is 10.6. The van der Waals surface area contributed by atoms with Crippen LogP contribution >= 0.6 is 0 Å². The lowest BCUT2D eigenvalue weighted by Crippen LogP contribution is -2.09. The Balaban J connectivity index is 2.42. The molecule has 2 N–H and O–H groups in total. The molecule has 1 heterocycles. The van der Waals surface area contributed by atoms with E-state index in [1.54, 1.807) is 6.07 Å². The number of aromatic amines is 1. The van der Waals surface area contributed by atoms with Crippen LogP contribution in [0.1, 0.15) is 19.8 Å².